The van der Waals surface area contributed by atoms with Crippen LogP contribution >= 0.6 is 11.6 Å². The van der Waals surface area contributed by atoms with Gasteiger partial charge in [0.15, 0.2) is 11.5 Å². The molecule has 31 heavy (non-hydrogen) atoms. The number of aromatic nitrogens is 1. The van der Waals surface area contributed by atoms with Crippen molar-refractivity contribution in [1.82, 2.24) is 4.57 Å². The van der Waals surface area contributed by atoms with E-state index in [9.17, 15) is 9.59 Å². The number of hydrogen-bond donors (Lipinski definition) is 1. The highest BCUT2D eigenvalue weighted by atomic mass is 35.5. The first kappa shape index (κ1) is 22.4. The first-order chi connectivity index (χ1) is 14.9. The van der Waals surface area contributed by atoms with Crippen LogP contribution in [0.2, 0.25) is 5.02 Å². The predicted octanol–water partition coefficient (Wildman–Crippen LogP) is 4.73. The molecular formula is C24H24ClNO5. The van der Waals surface area contributed by atoms with E-state index in [1.54, 1.807) is 34.9 Å². The smallest absolute Gasteiger partial charge is 0.335 e. The molecule has 7 heteroatoms. The number of aryl methyl sites for hydroxylation is 2. The van der Waals surface area contributed by atoms with Gasteiger partial charge in [-0.1, -0.05) is 35.9 Å². The number of aromatic carboxylic acids is 1. The Morgan fingerprint density at radius 2 is 1.71 bits per heavy atom. The molecular weight excluding hydrogens is 418 g/mol. The number of rotatable bonds is 9. The standard InChI is InChI=1S/C24H24ClNO5/c1-3-30-21-6-4-5-7-22(21)31-15-20-16(2)14-19(25)23(27)26(20)13-12-17-8-10-18(11-9-17)24(28)29/h4-11,14H,3,12-13,15H2,1-2H3,(H,28,29). The number of benzene rings is 2. The summed E-state index contributed by atoms with van der Waals surface area (Å²) in [5.41, 5.74) is 2.43. The van der Waals surface area contributed by atoms with Crippen LogP contribution in [-0.4, -0.2) is 22.2 Å². The van der Waals surface area contributed by atoms with Gasteiger partial charge in [0.1, 0.15) is 11.6 Å². The fourth-order valence-electron chi connectivity index (χ4n) is 3.27. The summed E-state index contributed by atoms with van der Waals surface area (Å²) in [6, 6.07) is 15.6. The van der Waals surface area contributed by atoms with Crippen LogP contribution in [0, 0.1) is 6.92 Å². The van der Waals surface area contributed by atoms with Gasteiger partial charge in [-0.25, -0.2) is 4.79 Å². The van der Waals surface area contributed by atoms with Crippen molar-refractivity contribution in [3.05, 3.63) is 92.4 Å². The summed E-state index contributed by atoms with van der Waals surface area (Å²) in [7, 11) is 0. The first-order valence-electron chi connectivity index (χ1n) is 9.96. The average Bonchev–Trinajstić information content (AvgIpc) is 2.76. The molecule has 0 aliphatic carbocycles. The topological polar surface area (TPSA) is 77.8 Å². The summed E-state index contributed by atoms with van der Waals surface area (Å²) in [6.07, 6.45) is 0.544. The Bertz CT molecular complexity index is 1120. The molecule has 0 fully saturated rings. The normalized spacial score (nSPS) is 10.7. The van der Waals surface area contributed by atoms with Crippen molar-refractivity contribution in [2.75, 3.05) is 6.61 Å². The highest BCUT2D eigenvalue weighted by Crippen LogP contribution is 2.27. The van der Waals surface area contributed by atoms with Crippen LogP contribution in [0.25, 0.3) is 0 Å². The maximum atomic E-state index is 12.8. The van der Waals surface area contributed by atoms with E-state index in [1.165, 1.54) is 0 Å². The van der Waals surface area contributed by atoms with Crippen molar-refractivity contribution in [3.63, 3.8) is 0 Å². The van der Waals surface area contributed by atoms with Crippen LogP contribution in [0.4, 0.5) is 0 Å². The van der Waals surface area contributed by atoms with Gasteiger partial charge in [0.05, 0.1) is 17.9 Å². The van der Waals surface area contributed by atoms with Gasteiger partial charge in [-0.3, -0.25) is 4.79 Å². The number of nitrogens with zero attached hydrogens (tertiary/aromatic N) is 1. The minimum atomic E-state index is -0.972. The summed E-state index contributed by atoms with van der Waals surface area (Å²) in [5.74, 6) is 0.269. The van der Waals surface area contributed by atoms with Crippen LogP contribution in [-0.2, 0) is 19.6 Å². The van der Waals surface area contributed by atoms with Crippen molar-refractivity contribution in [2.24, 2.45) is 0 Å². The van der Waals surface area contributed by atoms with E-state index in [0.717, 1.165) is 16.8 Å². The van der Waals surface area contributed by atoms with E-state index >= 15 is 0 Å². The minimum Gasteiger partial charge on any atom is -0.490 e. The molecule has 0 radical (unpaired) electrons. The third-order valence-electron chi connectivity index (χ3n) is 4.91. The van der Waals surface area contributed by atoms with Crippen LogP contribution in [0.1, 0.15) is 34.1 Å². The average molecular weight is 442 g/mol. The van der Waals surface area contributed by atoms with Gasteiger partial charge in [0.2, 0.25) is 0 Å². The highest BCUT2D eigenvalue weighted by Gasteiger charge is 2.14. The lowest BCUT2D eigenvalue weighted by molar-refractivity contribution is 0.0697. The van der Waals surface area contributed by atoms with E-state index in [2.05, 4.69) is 0 Å². The molecule has 0 bridgehead atoms. The molecule has 0 aliphatic heterocycles. The molecule has 0 atom stereocenters. The SMILES string of the molecule is CCOc1ccccc1OCc1c(C)cc(Cl)c(=O)n1CCc1ccc(C(=O)O)cc1. The molecule has 0 saturated carbocycles. The summed E-state index contributed by atoms with van der Waals surface area (Å²) >= 11 is 6.15. The zero-order chi connectivity index (χ0) is 22.4. The van der Waals surface area contributed by atoms with Gasteiger partial charge in [-0.2, -0.15) is 0 Å². The molecule has 0 saturated heterocycles. The Balaban J connectivity index is 1.83. The lowest BCUT2D eigenvalue weighted by Crippen LogP contribution is -2.27. The molecule has 3 rings (SSSR count). The predicted molar refractivity (Wildman–Crippen MR) is 119 cm³/mol. The molecule has 1 heterocycles. The molecule has 0 aliphatic rings. The van der Waals surface area contributed by atoms with Gasteiger partial charge >= 0.3 is 5.97 Å². The fourth-order valence-corrected chi connectivity index (χ4v) is 3.54. The van der Waals surface area contributed by atoms with E-state index < -0.39 is 5.97 Å². The van der Waals surface area contributed by atoms with Crippen LogP contribution < -0.4 is 15.0 Å². The second kappa shape index (κ2) is 10.2. The monoisotopic (exact) mass is 441 g/mol. The number of carboxylic acid groups (broad SMARTS) is 1. The maximum absolute atomic E-state index is 12.8. The summed E-state index contributed by atoms with van der Waals surface area (Å²) in [6.45, 7) is 4.88. The zero-order valence-corrected chi connectivity index (χ0v) is 18.2. The van der Waals surface area contributed by atoms with Crippen LogP contribution in [0.15, 0.2) is 59.4 Å². The molecule has 3 aromatic rings. The zero-order valence-electron chi connectivity index (χ0n) is 17.4. The molecule has 0 spiro atoms. The van der Waals surface area contributed by atoms with Crippen molar-refractivity contribution >= 4 is 17.6 Å². The quantitative estimate of drug-likeness (QED) is 0.519. The summed E-state index contributed by atoms with van der Waals surface area (Å²) in [5, 5.41) is 9.19. The molecule has 0 amide bonds. The Morgan fingerprint density at radius 3 is 2.32 bits per heavy atom. The van der Waals surface area contributed by atoms with Gasteiger partial charge < -0.3 is 19.1 Å². The number of para-hydroxylation sites is 2. The van der Waals surface area contributed by atoms with Gasteiger partial charge in [0, 0.05) is 6.54 Å². The van der Waals surface area contributed by atoms with E-state index in [4.69, 9.17) is 26.2 Å². The highest BCUT2D eigenvalue weighted by molar-refractivity contribution is 6.30. The lowest BCUT2D eigenvalue weighted by Gasteiger charge is -2.18. The van der Waals surface area contributed by atoms with Gasteiger partial charge in [-0.15, -0.1) is 0 Å². The van der Waals surface area contributed by atoms with E-state index in [1.807, 2.05) is 38.1 Å². The Labute approximate surface area is 185 Å². The van der Waals surface area contributed by atoms with Crippen LogP contribution in [0.5, 0.6) is 11.5 Å². The summed E-state index contributed by atoms with van der Waals surface area (Å²) in [4.78, 5) is 23.8. The van der Waals surface area contributed by atoms with Crippen molar-refractivity contribution in [2.45, 2.75) is 33.4 Å². The molecule has 0 unspecified atom stereocenters. The lowest BCUT2D eigenvalue weighted by atomic mass is 10.1. The fraction of sp³-hybridized carbons (Fsp3) is 0.250. The van der Waals surface area contributed by atoms with Crippen molar-refractivity contribution in [3.8, 4) is 11.5 Å². The van der Waals surface area contributed by atoms with Crippen molar-refractivity contribution < 1.29 is 19.4 Å². The van der Waals surface area contributed by atoms with Crippen LogP contribution in [0.3, 0.4) is 0 Å². The minimum absolute atomic E-state index is 0.150. The number of carbonyl (C=O) groups is 1. The molecule has 1 N–H and O–H groups in total. The number of hydrogen-bond acceptors (Lipinski definition) is 4. The second-order valence-electron chi connectivity index (χ2n) is 7.00. The Kier molecular flexibility index (Phi) is 7.36. The third-order valence-corrected chi connectivity index (χ3v) is 5.18. The molecule has 1 aromatic heterocycles. The number of ether oxygens (including phenoxy) is 2. The number of pyridine rings is 1. The summed E-state index contributed by atoms with van der Waals surface area (Å²) < 4.78 is 13.2. The van der Waals surface area contributed by atoms with Gasteiger partial charge in [0.25, 0.3) is 5.56 Å². The van der Waals surface area contributed by atoms with E-state index in [-0.39, 0.29) is 22.8 Å². The Morgan fingerprint density at radius 1 is 1.06 bits per heavy atom. The molecule has 2 aromatic carbocycles. The Hall–Kier alpha value is -3.25. The number of carboxylic acids is 1. The molecule has 162 valence electrons. The largest absolute Gasteiger partial charge is 0.490 e. The van der Waals surface area contributed by atoms with E-state index in [0.29, 0.717) is 31.1 Å². The third kappa shape index (κ3) is 5.47. The number of halogens is 1. The maximum Gasteiger partial charge on any atom is 0.335 e. The van der Waals surface area contributed by atoms with Gasteiger partial charge in [-0.05, 0) is 61.7 Å². The molecule has 6 nitrogen and oxygen atoms in total. The van der Waals surface area contributed by atoms with Crippen molar-refractivity contribution in [1.29, 1.82) is 0 Å². The second-order valence-corrected chi connectivity index (χ2v) is 7.41. The first-order valence-corrected chi connectivity index (χ1v) is 10.3.